The fourth-order valence-electron chi connectivity index (χ4n) is 0.437. The zero-order chi connectivity index (χ0) is 7.07. The van der Waals surface area contributed by atoms with Gasteiger partial charge in [0.25, 0.3) is 10.0 Å². The highest BCUT2D eigenvalue weighted by atomic mass is 32.2. The summed E-state index contributed by atoms with van der Waals surface area (Å²) in [6.07, 6.45) is 0. The molecule has 6 heteroatoms. The standard InChI is InChI=1S/C3H2NO4S/c5-2-1-9(7,8)4-3(2)6/h1H2. The van der Waals surface area contributed by atoms with Crippen LogP contribution in [0.25, 0.3) is 0 Å². The van der Waals surface area contributed by atoms with E-state index in [1.54, 1.807) is 0 Å². The number of Topliss-reactive ketones (excluding diaryl/α,β-unsaturated/α-hetero) is 1. The van der Waals surface area contributed by atoms with Gasteiger partial charge in [0.1, 0.15) is 5.75 Å². The van der Waals surface area contributed by atoms with Crippen molar-refractivity contribution in [3.63, 3.8) is 0 Å². The number of carbonyl (C=O) groups is 2. The summed E-state index contributed by atoms with van der Waals surface area (Å²) in [5.41, 5.74) is 0. The molecule has 0 bridgehead atoms. The van der Waals surface area contributed by atoms with Gasteiger partial charge in [0.15, 0.2) is 0 Å². The molecule has 1 aliphatic heterocycles. The summed E-state index contributed by atoms with van der Waals surface area (Å²) in [6.45, 7) is 0. The van der Waals surface area contributed by atoms with Crippen molar-refractivity contribution in [3.05, 3.63) is 0 Å². The van der Waals surface area contributed by atoms with Crippen molar-refractivity contribution in [1.82, 2.24) is 4.72 Å². The van der Waals surface area contributed by atoms with Gasteiger partial charge in [0, 0.05) is 0 Å². The molecule has 9 heavy (non-hydrogen) atoms. The number of carbonyl (C=O) groups excluding carboxylic acids is 2. The molecule has 1 aliphatic rings. The van der Waals surface area contributed by atoms with Crippen LogP contribution < -0.4 is 4.72 Å². The van der Waals surface area contributed by atoms with E-state index in [9.17, 15) is 18.0 Å². The van der Waals surface area contributed by atoms with Gasteiger partial charge in [-0.3, -0.25) is 9.59 Å². The first-order chi connectivity index (χ1) is 4.01. The second-order valence-electron chi connectivity index (χ2n) is 1.55. The lowest BCUT2D eigenvalue weighted by atomic mass is 10.4. The Kier molecular flexibility index (Phi) is 1.06. The van der Waals surface area contributed by atoms with E-state index in [0.717, 1.165) is 0 Å². The Morgan fingerprint density at radius 1 is 1.33 bits per heavy atom. The number of hydrogen-bond donors (Lipinski definition) is 0. The van der Waals surface area contributed by atoms with E-state index in [2.05, 4.69) is 4.72 Å². The maximum Gasteiger partial charge on any atom is 0.324 e. The molecule has 1 heterocycles. The van der Waals surface area contributed by atoms with E-state index in [4.69, 9.17) is 0 Å². The third-order valence-corrected chi connectivity index (χ3v) is 1.85. The first-order valence-electron chi connectivity index (χ1n) is 2.04. The summed E-state index contributed by atoms with van der Waals surface area (Å²) in [6, 6.07) is 0. The van der Waals surface area contributed by atoms with Crippen LogP contribution in [0.2, 0.25) is 0 Å². The Hall–Kier alpha value is -0.910. The second-order valence-corrected chi connectivity index (χ2v) is 3.18. The van der Waals surface area contributed by atoms with Gasteiger partial charge in [-0.05, 0) is 0 Å². The molecule has 1 amide bonds. The third kappa shape index (κ3) is 1.07. The van der Waals surface area contributed by atoms with Gasteiger partial charge >= 0.3 is 5.91 Å². The van der Waals surface area contributed by atoms with Gasteiger partial charge in [-0.2, -0.15) is 0 Å². The minimum Gasteiger partial charge on any atom is -0.287 e. The van der Waals surface area contributed by atoms with Crippen LogP contribution in [0.3, 0.4) is 0 Å². The van der Waals surface area contributed by atoms with Crippen LogP contribution in [0.15, 0.2) is 0 Å². The van der Waals surface area contributed by atoms with Crippen LogP contribution in [0.1, 0.15) is 0 Å². The van der Waals surface area contributed by atoms with E-state index in [1.807, 2.05) is 0 Å². The number of nitrogens with zero attached hydrogens (tertiary/aromatic N) is 1. The molecule has 0 atom stereocenters. The summed E-state index contributed by atoms with van der Waals surface area (Å²) in [4.78, 5) is 20.3. The first kappa shape index (κ1) is 6.21. The van der Waals surface area contributed by atoms with Crippen LogP contribution >= 0.6 is 0 Å². The summed E-state index contributed by atoms with van der Waals surface area (Å²) < 4.78 is 23.1. The molecule has 1 radical (unpaired) electrons. The van der Waals surface area contributed by atoms with Crippen LogP contribution in [0.4, 0.5) is 0 Å². The summed E-state index contributed by atoms with van der Waals surface area (Å²) in [7, 11) is -3.72. The molecule has 0 N–H and O–H groups in total. The topological polar surface area (TPSA) is 82.4 Å². The molecule has 1 fully saturated rings. The molecule has 0 aliphatic carbocycles. The van der Waals surface area contributed by atoms with Gasteiger partial charge < -0.3 is 0 Å². The minimum atomic E-state index is -3.72. The molecule has 0 saturated carbocycles. The predicted octanol–water partition coefficient (Wildman–Crippen LogP) is -1.97. The highest BCUT2D eigenvalue weighted by Crippen LogP contribution is 1.97. The summed E-state index contributed by atoms with van der Waals surface area (Å²) in [5.74, 6) is -2.86. The van der Waals surface area contributed by atoms with Gasteiger partial charge in [-0.15, -0.1) is 4.72 Å². The Balaban J connectivity index is 3.03. The second kappa shape index (κ2) is 1.53. The van der Waals surface area contributed by atoms with Crippen LogP contribution in [0, 0.1) is 0 Å². The lowest BCUT2D eigenvalue weighted by Crippen LogP contribution is -2.13. The van der Waals surface area contributed by atoms with Crippen molar-refractivity contribution in [1.29, 1.82) is 0 Å². The van der Waals surface area contributed by atoms with E-state index in [1.165, 1.54) is 0 Å². The number of amides is 1. The normalized spacial score (nSPS) is 24.0. The van der Waals surface area contributed by atoms with E-state index in [-0.39, 0.29) is 0 Å². The predicted molar refractivity (Wildman–Crippen MR) is 25.9 cm³/mol. The molecule has 0 aromatic rings. The van der Waals surface area contributed by atoms with E-state index < -0.39 is 27.5 Å². The average molecular weight is 148 g/mol. The largest absolute Gasteiger partial charge is 0.324 e. The minimum absolute atomic E-state index is 0.758. The Bertz CT molecular complexity index is 242. The molecule has 1 saturated heterocycles. The number of ketones is 1. The van der Waals surface area contributed by atoms with Gasteiger partial charge in [-0.1, -0.05) is 0 Å². The quantitative estimate of drug-likeness (QED) is 0.373. The van der Waals surface area contributed by atoms with Crippen molar-refractivity contribution < 1.29 is 18.0 Å². The van der Waals surface area contributed by atoms with Crippen molar-refractivity contribution in [2.24, 2.45) is 0 Å². The third-order valence-electron chi connectivity index (χ3n) is 0.774. The van der Waals surface area contributed by atoms with E-state index in [0.29, 0.717) is 0 Å². The molecule has 0 aromatic heterocycles. The molecule has 0 spiro atoms. The highest BCUT2D eigenvalue weighted by molar-refractivity contribution is 7.91. The lowest BCUT2D eigenvalue weighted by Gasteiger charge is -1.79. The number of sulfonamides is 1. The zero-order valence-electron chi connectivity index (χ0n) is 4.20. The Morgan fingerprint density at radius 3 is 2.00 bits per heavy atom. The van der Waals surface area contributed by atoms with Crippen LogP contribution in [0.5, 0.6) is 0 Å². The maximum absolute atomic E-state index is 10.2. The molecule has 1 rings (SSSR count). The fraction of sp³-hybridized carbons (Fsp3) is 0.333. The van der Waals surface area contributed by atoms with E-state index >= 15 is 0 Å². The SMILES string of the molecule is O=C1CS(=O)(=O)[N]C1=O. The van der Waals surface area contributed by atoms with Gasteiger partial charge in [-0.25, -0.2) is 8.42 Å². The van der Waals surface area contributed by atoms with Crippen molar-refractivity contribution in [3.8, 4) is 0 Å². The lowest BCUT2D eigenvalue weighted by molar-refractivity contribution is -0.134. The van der Waals surface area contributed by atoms with Crippen molar-refractivity contribution in [2.75, 3.05) is 5.75 Å². The van der Waals surface area contributed by atoms with Crippen molar-refractivity contribution >= 4 is 21.7 Å². The first-order valence-corrected chi connectivity index (χ1v) is 3.65. The molecular weight excluding hydrogens is 146 g/mol. The highest BCUT2D eigenvalue weighted by Gasteiger charge is 2.35. The van der Waals surface area contributed by atoms with Gasteiger partial charge in [0.05, 0.1) is 0 Å². The summed E-state index contributed by atoms with van der Waals surface area (Å²) in [5, 5.41) is 0. The molecular formula is C3H2NO4S. The average Bonchev–Trinajstić information content (AvgIpc) is 1.79. The zero-order valence-corrected chi connectivity index (χ0v) is 5.01. The number of rotatable bonds is 0. The smallest absolute Gasteiger partial charge is 0.287 e. The molecule has 49 valence electrons. The Labute approximate surface area is 51.1 Å². The number of hydrogen-bond acceptors (Lipinski definition) is 4. The Morgan fingerprint density at radius 2 is 1.89 bits per heavy atom. The molecule has 0 aromatic carbocycles. The van der Waals surface area contributed by atoms with Crippen LogP contribution in [-0.2, 0) is 19.6 Å². The summed E-state index contributed by atoms with van der Waals surface area (Å²) >= 11 is 0. The van der Waals surface area contributed by atoms with Gasteiger partial charge in [0.2, 0.25) is 5.78 Å². The molecule has 5 nitrogen and oxygen atoms in total. The fourth-order valence-corrected chi connectivity index (χ4v) is 1.31. The molecule has 0 unspecified atom stereocenters. The maximum atomic E-state index is 10.2. The van der Waals surface area contributed by atoms with Crippen LogP contribution in [-0.4, -0.2) is 25.9 Å². The van der Waals surface area contributed by atoms with Crippen molar-refractivity contribution in [2.45, 2.75) is 0 Å². The monoisotopic (exact) mass is 148 g/mol.